The smallest absolute Gasteiger partial charge is 0.142 e. The van der Waals surface area contributed by atoms with Crippen molar-refractivity contribution in [2.75, 3.05) is 13.2 Å². The van der Waals surface area contributed by atoms with Gasteiger partial charge in [0.25, 0.3) is 0 Å². The van der Waals surface area contributed by atoms with E-state index in [2.05, 4.69) is 29.7 Å². The lowest BCUT2D eigenvalue weighted by atomic mass is 10.0. The first-order chi connectivity index (χ1) is 14.2. The van der Waals surface area contributed by atoms with Gasteiger partial charge in [-0.2, -0.15) is 5.10 Å². The van der Waals surface area contributed by atoms with E-state index >= 15 is 0 Å². The van der Waals surface area contributed by atoms with Gasteiger partial charge in [-0.05, 0) is 29.8 Å². The first-order valence-electron chi connectivity index (χ1n) is 10.2. The standard InChI is InChI=1S/C21H32N4O4Si/c1-24-18(5-6-23-24)19-10-15-9-16(20(28)11-17(27)13-26)12-22-21(15)25(19)14-29-7-8-30(2,3)4/h5-6,9-10,12,17,20,26-28H,7-8,11,13-14H2,1-4H3. The molecular formula is C21H32N4O4Si. The van der Waals surface area contributed by atoms with Crippen LogP contribution >= 0.6 is 0 Å². The van der Waals surface area contributed by atoms with Crippen molar-refractivity contribution in [2.24, 2.45) is 7.05 Å². The number of aromatic nitrogens is 4. The summed E-state index contributed by atoms with van der Waals surface area (Å²) in [5, 5.41) is 34.2. The summed E-state index contributed by atoms with van der Waals surface area (Å²) >= 11 is 0. The maximum atomic E-state index is 10.4. The SMILES string of the molecule is Cn1nccc1-c1cc2cc(C(O)CC(O)CO)cnc2n1COCC[Si](C)(C)C. The molecule has 0 amide bonds. The molecule has 0 spiro atoms. The minimum atomic E-state index is -1.18. The van der Waals surface area contributed by atoms with Crippen LogP contribution in [0.3, 0.4) is 0 Å². The van der Waals surface area contributed by atoms with Gasteiger partial charge >= 0.3 is 0 Å². The monoisotopic (exact) mass is 432 g/mol. The number of nitrogens with zero attached hydrogens (tertiary/aromatic N) is 4. The fourth-order valence-electron chi connectivity index (χ4n) is 3.32. The third-order valence-corrected chi connectivity index (χ3v) is 6.85. The molecule has 0 saturated carbocycles. The van der Waals surface area contributed by atoms with Gasteiger partial charge in [0.2, 0.25) is 0 Å². The van der Waals surface area contributed by atoms with Crippen molar-refractivity contribution >= 4 is 19.1 Å². The molecule has 3 aromatic heterocycles. The van der Waals surface area contributed by atoms with Crippen molar-refractivity contribution in [2.45, 2.75) is 51.0 Å². The topological polar surface area (TPSA) is 106 Å². The number of fused-ring (bicyclic) bond motifs is 1. The Balaban J connectivity index is 1.92. The molecule has 3 aromatic rings. The molecule has 3 rings (SSSR count). The average Bonchev–Trinajstić information content (AvgIpc) is 3.26. The summed E-state index contributed by atoms with van der Waals surface area (Å²) in [6.07, 6.45) is 1.55. The highest BCUT2D eigenvalue weighted by molar-refractivity contribution is 6.76. The van der Waals surface area contributed by atoms with E-state index in [4.69, 9.17) is 9.84 Å². The highest BCUT2D eigenvalue weighted by Crippen LogP contribution is 2.29. The molecule has 3 heterocycles. The zero-order valence-electron chi connectivity index (χ0n) is 18.1. The zero-order valence-corrected chi connectivity index (χ0v) is 19.1. The van der Waals surface area contributed by atoms with Crippen LogP contribution in [0.4, 0.5) is 0 Å². The largest absolute Gasteiger partial charge is 0.394 e. The highest BCUT2D eigenvalue weighted by atomic mass is 28.3. The first-order valence-corrected chi connectivity index (χ1v) is 13.9. The van der Waals surface area contributed by atoms with E-state index < -0.39 is 20.3 Å². The summed E-state index contributed by atoms with van der Waals surface area (Å²) in [5.41, 5.74) is 3.24. The second-order valence-corrected chi connectivity index (χ2v) is 14.5. The molecule has 0 aliphatic heterocycles. The number of aliphatic hydroxyl groups excluding tert-OH is 3. The molecule has 0 bridgehead atoms. The molecule has 2 atom stereocenters. The van der Waals surface area contributed by atoms with E-state index in [9.17, 15) is 10.2 Å². The number of hydrogen-bond acceptors (Lipinski definition) is 6. The lowest BCUT2D eigenvalue weighted by Crippen LogP contribution is -2.22. The van der Waals surface area contributed by atoms with Crippen LogP contribution in [0.25, 0.3) is 22.4 Å². The lowest BCUT2D eigenvalue weighted by molar-refractivity contribution is 0.0412. The van der Waals surface area contributed by atoms with Gasteiger partial charge in [-0.3, -0.25) is 9.25 Å². The van der Waals surface area contributed by atoms with Gasteiger partial charge in [-0.1, -0.05) is 19.6 Å². The van der Waals surface area contributed by atoms with Gasteiger partial charge in [-0.25, -0.2) is 4.98 Å². The molecule has 0 aromatic carbocycles. The summed E-state index contributed by atoms with van der Waals surface area (Å²) in [5.74, 6) is 0. The molecule has 8 nitrogen and oxygen atoms in total. The Labute approximate surface area is 177 Å². The number of aryl methyl sites for hydroxylation is 1. The summed E-state index contributed by atoms with van der Waals surface area (Å²) in [4.78, 5) is 4.58. The summed E-state index contributed by atoms with van der Waals surface area (Å²) < 4.78 is 9.83. The van der Waals surface area contributed by atoms with Crippen LogP contribution in [0.2, 0.25) is 25.7 Å². The predicted molar refractivity (Wildman–Crippen MR) is 119 cm³/mol. The maximum absolute atomic E-state index is 10.4. The minimum absolute atomic E-state index is 0.0544. The fraction of sp³-hybridized carbons (Fsp3) is 0.524. The lowest BCUT2D eigenvalue weighted by Gasteiger charge is -2.17. The number of rotatable bonds is 10. The van der Waals surface area contributed by atoms with E-state index in [1.54, 1.807) is 17.1 Å². The second-order valence-electron chi connectivity index (χ2n) is 8.92. The number of aliphatic hydroxyl groups is 3. The molecule has 3 N–H and O–H groups in total. The molecule has 30 heavy (non-hydrogen) atoms. The van der Waals surface area contributed by atoms with Gasteiger partial charge < -0.3 is 20.1 Å². The van der Waals surface area contributed by atoms with Gasteiger partial charge in [0.1, 0.15) is 12.4 Å². The van der Waals surface area contributed by atoms with E-state index in [0.29, 0.717) is 18.9 Å². The fourth-order valence-corrected chi connectivity index (χ4v) is 4.07. The molecule has 0 aliphatic rings. The molecular weight excluding hydrogens is 400 g/mol. The Morgan fingerprint density at radius 3 is 2.57 bits per heavy atom. The van der Waals surface area contributed by atoms with Crippen LogP contribution in [-0.2, 0) is 18.5 Å². The van der Waals surface area contributed by atoms with Crippen molar-refractivity contribution in [3.8, 4) is 11.4 Å². The molecule has 9 heteroatoms. The first kappa shape index (κ1) is 22.6. The Kier molecular flexibility index (Phi) is 7.09. The number of ether oxygens (including phenoxy) is 1. The second kappa shape index (κ2) is 9.40. The summed E-state index contributed by atoms with van der Waals surface area (Å²) in [7, 11) is 0.716. The zero-order chi connectivity index (χ0) is 21.9. The molecule has 0 aliphatic carbocycles. The predicted octanol–water partition coefficient (Wildman–Crippen LogP) is 2.53. The van der Waals surface area contributed by atoms with E-state index in [-0.39, 0.29) is 13.0 Å². The van der Waals surface area contributed by atoms with Gasteiger partial charge in [-0.15, -0.1) is 0 Å². The van der Waals surface area contributed by atoms with Gasteiger partial charge in [0.15, 0.2) is 0 Å². The maximum Gasteiger partial charge on any atom is 0.142 e. The van der Waals surface area contributed by atoms with Crippen LogP contribution in [-0.4, -0.2) is 62.0 Å². The van der Waals surface area contributed by atoms with Gasteiger partial charge in [0.05, 0.1) is 30.2 Å². The van der Waals surface area contributed by atoms with E-state index in [1.165, 1.54) is 0 Å². The van der Waals surface area contributed by atoms with Crippen LogP contribution in [0.15, 0.2) is 30.6 Å². The summed E-state index contributed by atoms with van der Waals surface area (Å²) in [6.45, 7) is 7.67. The van der Waals surface area contributed by atoms with Crippen molar-refractivity contribution in [1.82, 2.24) is 19.3 Å². The quantitative estimate of drug-likeness (QED) is 0.336. The van der Waals surface area contributed by atoms with Crippen LogP contribution < -0.4 is 0 Å². The van der Waals surface area contributed by atoms with Crippen LogP contribution in [0, 0.1) is 0 Å². The molecule has 2 unspecified atom stereocenters. The minimum Gasteiger partial charge on any atom is -0.394 e. The Bertz CT molecular complexity index is 979. The normalized spacial score (nSPS) is 14.4. The molecule has 164 valence electrons. The van der Waals surface area contributed by atoms with Gasteiger partial charge in [0, 0.05) is 45.9 Å². The number of hydrogen-bond donors (Lipinski definition) is 3. The Morgan fingerprint density at radius 2 is 1.93 bits per heavy atom. The van der Waals surface area contributed by atoms with Crippen molar-refractivity contribution in [1.29, 1.82) is 0 Å². The summed E-state index contributed by atoms with van der Waals surface area (Å²) in [6, 6.07) is 6.92. The number of pyridine rings is 1. The Hall–Kier alpha value is -2.04. The van der Waals surface area contributed by atoms with Crippen LogP contribution in [0.5, 0.6) is 0 Å². The van der Waals surface area contributed by atoms with E-state index in [1.807, 2.05) is 29.8 Å². The van der Waals surface area contributed by atoms with Crippen molar-refractivity contribution in [3.63, 3.8) is 0 Å². The molecule has 0 radical (unpaired) electrons. The highest BCUT2D eigenvalue weighted by Gasteiger charge is 2.19. The Morgan fingerprint density at radius 1 is 1.17 bits per heavy atom. The third-order valence-electron chi connectivity index (χ3n) is 5.15. The third kappa shape index (κ3) is 5.35. The van der Waals surface area contributed by atoms with Crippen molar-refractivity contribution < 1.29 is 20.1 Å². The molecule has 0 saturated heterocycles. The average molecular weight is 433 g/mol. The van der Waals surface area contributed by atoms with Crippen LogP contribution in [0.1, 0.15) is 18.1 Å². The van der Waals surface area contributed by atoms with E-state index in [0.717, 1.165) is 28.5 Å². The molecule has 0 fully saturated rings. The van der Waals surface area contributed by atoms with Crippen molar-refractivity contribution in [3.05, 3.63) is 36.2 Å².